The van der Waals surface area contributed by atoms with Gasteiger partial charge in [0.05, 0.1) is 18.5 Å². The lowest BCUT2D eigenvalue weighted by Crippen LogP contribution is -2.38. The molecule has 2 N–H and O–H groups in total. The first-order valence-corrected chi connectivity index (χ1v) is 11.8. The van der Waals surface area contributed by atoms with Gasteiger partial charge in [0.2, 0.25) is 5.88 Å². The van der Waals surface area contributed by atoms with E-state index in [9.17, 15) is 4.79 Å². The van der Waals surface area contributed by atoms with Crippen molar-refractivity contribution >= 4 is 11.6 Å². The third kappa shape index (κ3) is 5.87. The summed E-state index contributed by atoms with van der Waals surface area (Å²) in [5.41, 5.74) is 4.42. The molecule has 1 aliphatic carbocycles. The fraction of sp³-hybridized carbons (Fsp3) is 0.423. The van der Waals surface area contributed by atoms with Crippen LogP contribution in [0, 0.1) is 13.8 Å². The normalized spacial score (nSPS) is 14.0. The predicted molar refractivity (Wildman–Crippen MR) is 130 cm³/mol. The lowest BCUT2D eigenvalue weighted by Gasteiger charge is -2.22. The van der Waals surface area contributed by atoms with Crippen LogP contribution in [-0.4, -0.2) is 35.8 Å². The average molecular weight is 465 g/mol. The molecule has 8 heteroatoms. The summed E-state index contributed by atoms with van der Waals surface area (Å²) in [6.45, 7) is 4.34. The van der Waals surface area contributed by atoms with E-state index >= 15 is 0 Å². The van der Waals surface area contributed by atoms with Gasteiger partial charge in [0.25, 0.3) is 5.91 Å². The Hall–Kier alpha value is -3.55. The average Bonchev–Trinajstić information content (AvgIpc) is 3.20. The van der Waals surface area contributed by atoms with E-state index in [-0.39, 0.29) is 18.6 Å². The van der Waals surface area contributed by atoms with Gasteiger partial charge in [0.1, 0.15) is 11.5 Å². The van der Waals surface area contributed by atoms with Crippen LogP contribution in [0.3, 0.4) is 0 Å². The molecule has 0 unspecified atom stereocenters. The third-order valence-electron chi connectivity index (χ3n) is 6.09. The third-order valence-corrected chi connectivity index (χ3v) is 6.09. The molecule has 0 radical (unpaired) electrons. The fourth-order valence-corrected chi connectivity index (χ4v) is 4.38. The zero-order chi connectivity index (χ0) is 23.9. The van der Waals surface area contributed by atoms with Crippen LogP contribution in [0.15, 0.2) is 41.1 Å². The number of carbonyl (C=O) groups is 1. The summed E-state index contributed by atoms with van der Waals surface area (Å²) in [5.74, 6) is 1.84. The number of amides is 1. The maximum Gasteiger partial charge on any atom is 0.258 e. The Bertz CT molecular complexity index is 1100. The molecule has 8 nitrogen and oxygen atoms in total. The van der Waals surface area contributed by atoms with Crippen LogP contribution in [0.1, 0.15) is 49.1 Å². The van der Waals surface area contributed by atoms with Gasteiger partial charge in [-0.15, -0.1) is 0 Å². The molecule has 34 heavy (non-hydrogen) atoms. The van der Waals surface area contributed by atoms with Crippen molar-refractivity contribution in [3.63, 3.8) is 0 Å². The highest BCUT2D eigenvalue weighted by atomic mass is 16.5. The molecule has 1 fully saturated rings. The zero-order valence-corrected chi connectivity index (χ0v) is 20.0. The number of methoxy groups -OCH3 is 1. The van der Waals surface area contributed by atoms with Gasteiger partial charge in [0, 0.05) is 29.9 Å². The van der Waals surface area contributed by atoms with E-state index in [1.807, 2.05) is 44.2 Å². The maximum absolute atomic E-state index is 12.2. The molecule has 0 spiro atoms. The van der Waals surface area contributed by atoms with E-state index in [0.717, 1.165) is 46.7 Å². The molecule has 1 aliphatic rings. The van der Waals surface area contributed by atoms with E-state index in [4.69, 9.17) is 14.0 Å². The zero-order valence-electron chi connectivity index (χ0n) is 20.0. The summed E-state index contributed by atoms with van der Waals surface area (Å²) in [4.78, 5) is 16.7. The number of benzene rings is 1. The van der Waals surface area contributed by atoms with Gasteiger partial charge in [-0.2, -0.15) is 0 Å². The number of hydrogen-bond acceptors (Lipinski definition) is 7. The largest absolute Gasteiger partial charge is 0.484 e. The highest BCUT2D eigenvalue weighted by Crippen LogP contribution is 2.32. The van der Waals surface area contributed by atoms with Crippen LogP contribution in [0.2, 0.25) is 0 Å². The van der Waals surface area contributed by atoms with E-state index in [2.05, 4.69) is 20.8 Å². The standard InChI is InChI=1S/C26H32N4O4/c1-17-25(18(2)34-30-17)20-13-23(26(32-3)28-15-20)27-14-19-8-7-11-22(12-19)33-16-24(31)29-21-9-5-4-6-10-21/h7-8,11-13,15,21,27H,4-6,9-10,14,16H2,1-3H3,(H,29,31). The number of nitrogens with zero attached hydrogens (tertiary/aromatic N) is 2. The highest BCUT2D eigenvalue weighted by Gasteiger charge is 2.17. The molecule has 180 valence electrons. The summed E-state index contributed by atoms with van der Waals surface area (Å²) in [6, 6.07) is 9.97. The van der Waals surface area contributed by atoms with Crippen LogP contribution in [0.5, 0.6) is 11.6 Å². The van der Waals surface area contributed by atoms with Crippen molar-refractivity contribution < 1.29 is 18.8 Å². The number of ether oxygens (including phenoxy) is 2. The molecule has 1 amide bonds. The number of rotatable bonds is 9. The van der Waals surface area contributed by atoms with Crippen molar-refractivity contribution in [3.05, 3.63) is 53.5 Å². The van der Waals surface area contributed by atoms with Crippen molar-refractivity contribution in [1.82, 2.24) is 15.5 Å². The molecule has 3 aromatic rings. The van der Waals surface area contributed by atoms with Crippen LogP contribution < -0.4 is 20.1 Å². The molecule has 0 aliphatic heterocycles. The molecule has 1 aromatic carbocycles. The molecule has 2 aromatic heterocycles. The van der Waals surface area contributed by atoms with Gasteiger partial charge in [0.15, 0.2) is 6.61 Å². The van der Waals surface area contributed by atoms with Gasteiger partial charge >= 0.3 is 0 Å². The molecule has 0 saturated heterocycles. The number of nitrogens with one attached hydrogen (secondary N) is 2. The number of hydrogen-bond donors (Lipinski definition) is 2. The Balaban J connectivity index is 1.37. The van der Waals surface area contributed by atoms with Gasteiger partial charge in [-0.25, -0.2) is 4.98 Å². The van der Waals surface area contributed by atoms with Crippen LogP contribution >= 0.6 is 0 Å². The first-order chi connectivity index (χ1) is 16.5. The second-order valence-electron chi connectivity index (χ2n) is 8.67. The Morgan fingerprint density at radius 2 is 2.00 bits per heavy atom. The second-order valence-corrected chi connectivity index (χ2v) is 8.67. The van der Waals surface area contributed by atoms with E-state index in [1.165, 1.54) is 19.3 Å². The molecule has 0 bridgehead atoms. The van der Waals surface area contributed by atoms with Crippen LogP contribution in [-0.2, 0) is 11.3 Å². The van der Waals surface area contributed by atoms with Crippen LogP contribution in [0.25, 0.3) is 11.1 Å². The van der Waals surface area contributed by atoms with Crippen molar-refractivity contribution in [2.75, 3.05) is 19.0 Å². The minimum Gasteiger partial charge on any atom is -0.484 e. The Morgan fingerprint density at radius 3 is 2.74 bits per heavy atom. The van der Waals surface area contributed by atoms with Gasteiger partial charge in [-0.3, -0.25) is 4.79 Å². The topological polar surface area (TPSA) is 98.5 Å². The SMILES string of the molecule is COc1ncc(-c2c(C)noc2C)cc1NCc1cccc(OCC(=O)NC2CCCCC2)c1. The van der Waals surface area contributed by atoms with Crippen molar-refractivity contribution in [1.29, 1.82) is 0 Å². The first-order valence-electron chi connectivity index (χ1n) is 11.8. The summed E-state index contributed by atoms with van der Waals surface area (Å²) in [6.07, 6.45) is 7.49. The van der Waals surface area contributed by atoms with Crippen molar-refractivity contribution in [3.8, 4) is 22.8 Å². The number of aryl methyl sites for hydroxylation is 2. The number of carbonyl (C=O) groups excluding carboxylic acids is 1. The Kier molecular flexibility index (Phi) is 7.67. The summed E-state index contributed by atoms with van der Waals surface area (Å²) < 4.78 is 16.5. The lowest BCUT2D eigenvalue weighted by atomic mass is 9.95. The molecule has 4 rings (SSSR count). The smallest absolute Gasteiger partial charge is 0.258 e. The molecular weight excluding hydrogens is 432 g/mol. The first kappa shape index (κ1) is 23.6. The summed E-state index contributed by atoms with van der Waals surface area (Å²) in [5, 5.41) is 10.5. The predicted octanol–water partition coefficient (Wildman–Crippen LogP) is 4.80. The monoisotopic (exact) mass is 464 g/mol. The highest BCUT2D eigenvalue weighted by molar-refractivity contribution is 5.77. The van der Waals surface area contributed by atoms with Gasteiger partial charge < -0.3 is 24.6 Å². The summed E-state index contributed by atoms with van der Waals surface area (Å²) >= 11 is 0. The Labute approximate surface area is 200 Å². The summed E-state index contributed by atoms with van der Waals surface area (Å²) in [7, 11) is 1.59. The van der Waals surface area contributed by atoms with Crippen molar-refractivity contribution in [2.45, 2.75) is 58.5 Å². The molecule has 1 saturated carbocycles. The molecule has 2 heterocycles. The minimum absolute atomic E-state index is 0.0185. The number of anilines is 1. The van der Waals surface area contributed by atoms with Crippen LogP contribution in [0.4, 0.5) is 5.69 Å². The lowest BCUT2D eigenvalue weighted by molar-refractivity contribution is -0.124. The fourth-order valence-electron chi connectivity index (χ4n) is 4.38. The Morgan fingerprint density at radius 1 is 1.18 bits per heavy atom. The molecule has 0 atom stereocenters. The number of aromatic nitrogens is 2. The quantitative estimate of drug-likeness (QED) is 0.469. The second kappa shape index (κ2) is 11.0. The van der Waals surface area contributed by atoms with E-state index in [1.54, 1.807) is 13.3 Å². The molecular formula is C26H32N4O4. The van der Waals surface area contributed by atoms with E-state index < -0.39 is 0 Å². The number of pyridine rings is 1. The van der Waals surface area contributed by atoms with E-state index in [0.29, 0.717) is 18.2 Å². The van der Waals surface area contributed by atoms with Gasteiger partial charge in [-0.05, 0) is 50.5 Å². The minimum atomic E-state index is -0.0672. The maximum atomic E-state index is 12.2. The van der Waals surface area contributed by atoms with Crippen molar-refractivity contribution in [2.24, 2.45) is 0 Å². The van der Waals surface area contributed by atoms with Gasteiger partial charge in [-0.1, -0.05) is 36.6 Å².